The smallest absolute Gasteiger partial charge is 0.252 e. The van der Waals surface area contributed by atoms with Crippen molar-refractivity contribution in [2.45, 2.75) is 19.9 Å². The Morgan fingerprint density at radius 1 is 1.29 bits per heavy atom. The Kier molecular flexibility index (Phi) is 4.84. The number of aromatic nitrogens is 1. The maximum Gasteiger partial charge on any atom is 0.252 e. The zero-order valence-electron chi connectivity index (χ0n) is 13.1. The first-order valence-electron chi connectivity index (χ1n) is 7.42. The summed E-state index contributed by atoms with van der Waals surface area (Å²) < 4.78 is 2.82. The summed E-state index contributed by atoms with van der Waals surface area (Å²) in [5.41, 5.74) is 3.04. The molecule has 0 spiro atoms. The van der Waals surface area contributed by atoms with Crippen molar-refractivity contribution >= 4 is 39.1 Å². The molecule has 0 fully saturated rings. The van der Waals surface area contributed by atoms with Crippen LogP contribution in [0.5, 0.6) is 0 Å². The number of rotatable bonds is 3. The largest absolute Gasteiger partial charge is 0.305 e. The maximum atomic E-state index is 12.3. The molecular weight excluding hydrogens is 340 g/mol. The Bertz CT molecular complexity index is 1010. The van der Waals surface area contributed by atoms with Crippen LogP contribution >= 0.6 is 22.9 Å². The molecule has 3 aromatic rings. The van der Waals surface area contributed by atoms with Crippen LogP contribution in [0.3, 0.4) is 0 Å². The van der Waals surface area contributed by atoms with Crippen molar-refractivity contribution < 1.29 is 4.79 Å². The van der Waals surface area contributed by atoms with Crippen molar-refractivity contribution in [1.29, 1.82) is 0 Å². The monoisotopic (exact) mass is 354 g/mol. The Hall–Kier alpha value is -2.35. The third-order valence-electron chi connectivity index (χ3n) is 3.59. The normalized spacial score (nSPS) is 11.6. The summed E-state index contributed by atoms with van der Waals surface area (Å²) in [7, 11) is 0. The number of carbonyl (C=O) groups is 1. The first kappa shape index (κ1) is 16.5. The molecule has 1 amide bonds. The quantitative estimate of drug-likeness (QED) is 0.655. The number of thiazole rings is 1. The summed E-state index contributed by atoms with van der Waals surface area (Å²) in [5.74, 6) is 2.42. The van der Waals surface area contributed by atoms with Crippen molar-refractivity contribution in [2.24, 2.45) is 4.99 Å². The van der Waals surface area contributed by atoms with E-state index in [0.29, 0.717) is 16.4 Å². The number of terminal acetylenes is 1. The molecule has 3 rings (SSSR count). The predicted molar refractivity (Wildman–Crippen MR) is 99.1 cm³/mol. The molecule has 0 aliphatic heterocycles. The molecule has 24 heavy (non-hydrogen) atoms. The molecule has 1 aromatic heterocycles. The molecule has 0 atom stereocenters. The van der Waals surface area contributed by atoms with Crippen LogP contribution in [0.2, 0.25) is 5.02 Å². The molecule has 0 N–H and O–H groups in total. The van der Waals surface area contributed by atoms with Crippen molar-refractivity contribution in [3.8, 4) is 12.3 Å². The van der Waals surface area contributed by atoms with E-state index < -0.39 is 0 Å². The second-order valence-corrected chi connectivity index (χ2v) is 6.90. The number of carbonyl (C=O) groups excluding carboxylic acids is 1. The Labute approximate surface area is 149 Å². The summed E-state index contributed by atoms with van der Waals surface area (Å²) in [5, 5.41) is 0.647. The van der Waals surface area contributed by atoms with Crippen molar-refractivity contribution in [3.05, 3.63) is 63.4 Å². The lowest BCUT2D eigenvalue weighted by molar-refractivity contribution is -0.117. The fourth-order valence-corrected chi connectivity index (χ4v) is 3.73. The average molecular weight is 355 g/mol. The van der Waals surface area contributed by atoms with E-state index in [1.807, 2.05) is 54.0 Å². The minimum Gasteiger partial charge on any atom is -0.305 e. The number of aryl methyl sites for hydroxylation is 1. The summed E-state index contributed by atoms with van der Waals surface area (Å²) in [6.07, 6.45) is 5.73. The maximum absolute atomic E-state index is 12.3. The Morgan fingerprint density at radius 2 is 2.04 bits per heavy atom. The van der Waals surface area contributed by atoms with Crippen molar-refractivity contribution in [2.75, 3.05) is 0 Å². The Balaban J connectivity index is 1.99. The van der Waals surface area contributed by atoms with E-state index >= 15 is 0 Å². The fraction of sp³-hybridized carbons (Fsp3) is 0.158. The van der Waals surface area contributed by atoms with Gasteiger partial charge in [-0.2, -0.15) is 4.99 Å². The SMILES string of the molecule is C#CCn1c(=NC(=O)Cc2ccc(C)cc2)sc2cc(Cl)ccc21. The number of amides is 1. The van der Waals surface area contributed by atoms with E-state index in [4.69, 9.17) is 18.0 Å². The topological polar surface area (TPSA) is 34.4 Å². The van der Waals surface area contributed by atoms with Gasteiger partial charge in [0, 0.05) is 5.02 Å². The standard InChI is InChI=1S/C19H15ClN2OS/c1-3-10-22-16-9-8-15(20)12-17(16)24-19(22)21-18(23)11-14-6-4-13(2)5-7-14/h1,4-9,12H,10-11H2,2H3. The fourth-order valence-electron chi connectivity index (χ4n) is 2.40. The molecule has 0 saturated heterocycles. The second-order valence-electron chi connectivity index (χ2n) is 5.45. The molecule has 0 aliphatic carbocycles. The lowest BCUT2D eigenvalue weighted by atomic mass is 10.1. The first-order valence-corrected chi connectivity index (χ1v) is 8.62. The van der Waals surface area contributed by atoms with Crippen LogP contribution in [0.25, 0.3) is 10.2 Å². The van der Waals surface area contributed by atoms with Gasteiger partial charge in [-0.25, -0.2) is 0 Å². The van der Waals surface area contributed by atoms with E-state index in [0.717, 1.165) is 21.3 Å². The molecule has 1 heterocycles. The van der Waals surface area contributed by atoms with Gasteiger partial charge in [0.1, 0.15) is 0 Å². The van der Waals surface area contributed by atoms with Crippen LogP contribution in [0.4, 0.5) is 0 Å². The lowest BCUT2D eigenvalue weighted by Crippen LogP contribution is -2.17. The van der Waals surface area contributed by atoms with Crippen LogP contribution in [0, 0.1) is 19.3 Å². The van der Waals surface area contributed by atoms with Crippen LogP contribution < -0.4 is 4.80 Å². The third kappa shape index (κ3) is 3.59. The highest BCUT2D eigenvalue weighted by Gasteiger charge is 2.08. The number of benzene rings is 2. The van der Waals surface area contributed by atoms with Gasteiger partial charge in [-0.15, -0.1) is 6.42 Å². The first-order chi connectivity index (χ1) is 11.6. The third-order valence-corrected chi connectivity index (χ3v) is 4.87. The van der Waals surface area contributed by atoms with E-state index in [1.165, 1.54) is 11.3 Å². The molecule has 5 heteroatoms. The minimum absolute atomic E-state index is 0.192. The molecule has 0 aliphatic rings. The molecular formula is C19H15ClN2OS. The molecule has 0 radical (unpaired) electrons. The van der Waals surface area contributed by atoms with Crippen LogP contribution in [-0.4, -0.2) is 10.5 Å². The van der Waals surface area contributed by atoms with Gasteiger partial charge in [0.15, 0.2) is 4.80 Å². The highest BCUT2D eigenvalue weighted by atomic mass is 35.5. The number of hydrogen-bond donors (Lipinski definition) is 0. The van der Waals surface area contributed by atoms with Crippen molar-refractivity contribution in [3.63, 3.8) is 0 Å². The summed E-state index contributed by atoms with van der Waals surface area (Å²) in [4.78, 5) is 17.2. The van der Waals surface area contributed by atoms with Gasteiger partial charge in [0.25, 0.3) is 5.91 Å². The summed E-state index contributed by atoms with van der Waals surface area (Å²) >= 11 is 7.46. The molecule has 120 valence electrons. The van der Waals surface area contributed by atoms with Gasteiger partial charge in [-0.1, -0.05) is 58.7 Å². The number of fused-ring (bicyclic) bond motifs is 1. The second kappa shape index (κ2) is 7.04. The Morgan fingerprint density at radius 3 is 2.75 bits per heavy atom. The summed E-state index contributed by atoms with van der Waals surface area (Å²) in [6.45, 7) is 2.37. The molecule has 0 bridgehead atoms. The number of hydrogen-bond acceptors (Lipinski definition) is 2. The van der Waals surface area contributed by atoms with Crippen molar-refractivity contribution in [1.82, 2.24) is 4.57 Å². The van der Waals surface area contributed by atoms with E-state index in [2.05, 4.69) is 10.9 Å². The van der Waals surface area contributed by atoms with Crippen LogP contribution in [0.15, 0.2) is 47.5 Å². The highest BCUT2D eigenvalue weighted by Crippen LogP contribution is 2.21. The van der Waals surface area contributed by atoms with E-state index in [-0.39, 0.29) is 12.3 Å². The predicted octanol–water partition coefficient (Wildman–Crippen LogP) is 3.97. The van der Waals surface area contributed by atoms with E-state index in [9.17, 15) is 4.79 Å². The van der Waals surface area contributed by atoms with E-state index in [1.54, 1.807) is 0 Å². The highest BCUT2D eigenvalue weighted by molar-refractivity contribution is 7.16. The average Bonchev–Trinajstić information content (AvgIpc) is 2.86. The van der Waals surface area contributed by atoms with Gasteiger partial charge in [0.2, 0.25) is 0 Å². The summed E-state index contributed by atoms with van der Waals surface area (Å²) in [6, 6.07) is 13.4. The molecule has 2 aromatic carbocycles. The van der Waals surface area contributed by atoms with Gasteiger partial charge in [-0.05, 0) is 30.7 Å². The molecule has 0 saturated carbocycles. The number of halogens is 1. The number of nitrogens with zero attached hydrogens (tertiary/aromatic N) is 2. The molecule has 3 nitrogen and oxygen atoms in total. The van der Waals surface area contributed by atoms with Gasteiger partial charge in [0.05, 0.1) is 23.2 Å². The molecule has 0 unspecified atom stereocenters. The van der Waals surface area contributed by atoms with Gasteiger partial charge < -0.3 is 4.57 Å². The zero-order chi connectivity index (χ0) is 17.1. The van der Waals surface area contributed by atoms with Crippen LogP contribution in [-0.2, 0) is 17.8 Å². The minimum atomic E-state index is -0.192. The van der Waals surface area contributed by atoms with Gasteiger partial charge >= 0.3 is 0 Å². The van der Waals surface area contributed by atoms with Crippen LogP contribution in [0.1, 0.15) is 11.1 Å². The van der Waals surface area contributed by atoms with Gasteiger partial charge in [-0.3, -0.25) is 4.79 Å². The zero-order valence-corrected chi connectivity index (χ0v) is 14.7. The lowest BCUT2D eigenvalue weighted by Gasteiger charge is -2.00.